The molecule has 3 nitrogen and oxygen atoms in total. The van der Waals surface area contributed by atoms with Gasteiger partial charge in [-0.15, -0.1) is 0 Å². The van der Waals surface area contributed by atoms with Crippen molar-refractivity contribution in [1.29, 1.82) is 0 Å². The Morgan fingerprint density at radius 1 is 1.05 bits per heavy atom. The molecular formula is C18H22N2O. The van der Waals surface area contributed by atoms with Crippen LogP contribution in [-0.4, -0.2) is 28.5 Å². The van der Waals surface area contributed by atoms with Crippen LogP contribution < -0.4 is 0 Å². The van der Waals surface area contributed by atoms with Gasteiger partial charge in [-0.3, -0.25) is 4.79 Å². The molecule has 1 heterocycles. The highest BCUT2D eigenvalue weighted by Gasteiger charge is 2.22. The van der Waals surface area contributed by atoms with Crippen molar-refractivity contribution in [2.24, 2.45) is 0 Å². The van der Waals surface area contributed by atoms with Gasteiger partial charge < -0.3 is 9.47 Å². The number of benzene rings is 1. The van der Waals surface area contributed by atoms with Crippen LogP contribution in [0.2, 0.25) is 0 Å². The van der Waals surface area contributed by atoms with Crippen molar-refractivity contribution in [1.82, 2.24) is 9.47 Å². The van der Waals surface area contributed by atoms with E-state index in [1.165, 1.54) is 19.3 Å². The number of carbonyl (C=O) groups excluding carboxylic acids is 1. The van der Waals surface area contributed by atoms with Gasteiger partial charge in [-0.1, -0.05) is 19.3 Å². The molecule has 1 aliphatic rings. The van der Waals surface area contributed by atoms with Crippen LogP contribution in [-0.2, 0) is 0 Å². The molecule has 0 spiro atoms. The number of nitrogens with zero attached hydrogens (tertiary/aromatic N) is 2. The first kappa shape index (κ1) is 13.9. The van der Waals surface area contributed by atoms with E-state index in [0.29, 0.717) is 6.04 Å². The summed E-state index contributed by atoms with van der Waals surface area (Å²) in [5.74, 6) is 0.140. The number of aromatic nitrogens is 1. The van der Waals surface area contributed by atoms with Crippen molar-refractivity contribution < 1.29 is 4.79 Å². The maximum Gasteiger partial charge on any atom is 0.253 e. The summed E-state index contributed by atoms with van der Waals surface area (Å²) in [6.45, 7) is 0. The first-order chi connectivity index (χ1) is 10.3. The molecule has 1 saturated carbocycles. The van der Waals surface area contributed by atoms with Gasteiger partial charge in [-0.2, -0.15) is 0 Å². The Kier molecular flexibility index (Phi) is 4.09. The van der Waals surface area contributed by atoms with Crippen molar-refractivity contribution >= 4 is 5.91 Å². The molecule has 0 bridgehead atoms. The molecule has 1 aliphatic carbocycles. The fourth-order valence-corrected chi connectivity index (χ4v) is 3.12. The highest BCUT2D eigenvalue weighted by molar-refractivity contribution is 5.94. The number of amides is 1. The lowest BCUT2D eigenvalue weighted by molar-refractivity contribution is 0.0696. The molecule has 1 aromatic heterocycles. The highest BCUT2D eigenvalue weighted by atomic mass is 16.2. The van der Waals surface area contributed by atoms with E-state index in [-0.39, 0.29) is 5.91 Å². The highest BCUT2D eigenvalue weighted by Crippen LogP contribution is 2.23. The van der Waals surface area contributed by atoms with Gasteiger partial charge >= 0.3 is 0 Å². The molecule has 1 aromatic carbocycles. The molecule has 110 valence electrons. The van der Waals surface area contributed by atoms with Gasteiger partial charge in [-0.05, 0) is 49.2 Å². The molecular weight excluding hydrogens is 260 g/mol. The van der Waals surface area contributed by atoms with Crippen molar-refractivity contribution in [3.8, 4) is 5.69 Å². The van der Waals surface area contributed by atoms with E-state index in [4.69, 9.17) is 0 Å². The maximum absolute atomic E-state index is 12.6. The van der Waals surface area contributed by atoms with Crippen molar-refractivity contribution in [3.63, 3.8) is 0 Å². The summed E-state index contributed by atoms with van der Waals surface area (Å²) in [4.78, 5) is 14.5. The van der Waals surface area contributed by atoms with Gasteiger partial charge in [0, 0.05) is 36.7 Å². The average molecular weight is 282 g/mol. The number of rotatable bonds is 3. The minimum absolute atomic E-state index is 0.140. The standard InChI is InChI=1S/C18H22N2O/c1-19(16-7-3-2-4-8-16)18(21)15-9-11-17(12-10-15)20-13-5-6-14-20/h5-6,9-14,16H,2-4,7-8H2,1H3. The summed E-state index contributed by atoms with van der Waals surface area (Å²) < 4.78 is 2.04. The Morgan fingerprint density at radius 3 is 2.29 bits per heavy atom. The number of carbonyl (C=O) groups is 1. The molecule has 3 heteroatoms. The van der Waals surface area contributed by atoms with Gasteiger partial charge in [0.1, 0.15) is 0 Å². The van der Waals surface area contributed by atoms with Gasteiger partial charge in [0.2, 0.25) is 0 Å². The van der Waals surface area contributed by atoms with Crippen LogP contribution >= 0.6 is 0 Å². The number of hydrogen-bond donors (Lipinski definition) is 0. The average Bonchev–Trinajstić information content (AvgIpc) is 3.09. The minimum atomic E-state index is 0.140. The monoisotopic (exact) mass is 282 g/mol. The predicted molar refractivity (Wildman–Crippen MR) is 84.7 cm³/mol. The quantitative estimate of drug-likeness (QED) is 0.838. The van der Waals surface area contributed by atoms with Crippen LogP contribution in [0.3, 0.4) is 0 Å². The Hall–Kier alpha value is -2.03. The summed E-state index contributed by atoms with van der Waals surface area (Å²) in [6, 6.07) is 12.3. The van der Waals surface area contributed by atoms with Gasteiger partial charge in [0.25, 0.3) is 5.91 Å². The summed E-state index contributed by atoms with van der Waals surface area (Å²) >= 11 is 0. The smallest absolute Gasteiger partial charge is 0.253 e. The SMILES string of the molecule is CN(C(=O)c1ccc(-n2cccc2)cc1)C1CCCCC1. The molecule has 0 unspecified atom stereocenters. The normalized spacial score (nSPS) is 15.9. The molecule has 21 heavy (non-hydrogen) atoms. The Labute approximate surface area is 126 Å². The maximum atomic E-state index is 12.6. The van der Waals surface area contributed by atoms with Crippen molar-refractivity contribution in [2.45, 2.75) is 38.1 Å². The molecule has 0 atom stereocenters. The zero-order valence-corrected chi connectivity index (χ0v) is 12.5. The summed E-state index contributed by atoms with van der Waals surface area (Å²) in [7, 11) is 1.94. The van der Waals surface area contributed by atoms with Crippen LogP contribution in [0, 0.1) is 0 Å². The molecule has 2 aromatic rings. The van der Waals surface area contributed by atoms with E-state index >= 15 is 0 Å². The second-order valence-electron chi connectivity index (χ2n) is 5.85. The zero-order valence-electron chi connectivity index (χ0n) is 12.5. The second-order valence-corrected chi connectivity index (χ2v) is 5.85. The summed E-state index contributed by atoms with van der Waals surface area (Å²) in [5.41, 5.74) is 1.86. The Bertz CT molecular complexity index is 580. The van der Waals surface area contributed by atoms with Crippen LogP contribution in [0.25, 0.3) is 5.69 Å². The third kappa shape index (κ3) is 3.02. The van der Waals surface area contributed by atoms with Crippen molar-refractivity contribution in [3.05, 3.63) is 54.4 Å². The van der Waals surface area contributed by atoms with Crippen LogP contribution in [0.5, 0.6) is 0 Å². The van der Waals surface area contributed by atoms with E-state index in [1.807, 2.05) is 65.3 Å². The molecule has 0 radical (unpaired) electrons. The van der Waals surface area contributed by atoms with E-state index < -0.39 is 0 Å². The Morgan fingerprint density at radius 2 is 1.67 bits per heavy atom. The summed E-state index contributed by atoms with van der Waals surface area (Å²) in [5, 5.41) is 0. The van der Waals surface area contributed by atoms with Crippen LogP contribution in [0.4, 0.5) is 0 Å². The van der Waals surface area contributed by atoms with E-state index in [9.17, 15) is 4.79 Å². The molecule has 1 amide bonds. The molecule has 1 fully saturated rings. The van der Waals surface area contributed by atoms with E-state index in [2.05, 4.69) is 0 Å². The lowest BCUT2D eigenvalue weighted by Crippen LogP contribution is -2.38. The zero-order chi connectivity index (χ0) is 14.7. The van der Waals surface area contributed by atoms with Gasteiger partial charge in [-0.25, -0.2) is 0 Å². The van der Waals surface area contributed by atoms with Crippen molar-refractivity contribution in [2.75, 3.05) is 7.05 Å². The van der Waals surface area contributed by atoms with E-state index in [0.717, 1.165) is 24.1 Å². The number of hydrogen-bond acceptors (Lipinski definition) is 1. The van der Waals surface area contributed by atoms with Gasteiger partial charge in [0.05, 0.1) is 0 Å². The fraction of sp³-hybridized carbons (Fsp3) is 0.389. The van der Waals surface area contributed by atoms with Gasteiger partial charge in [0.15, 0.2) is 0 Å². The van der Waals surface area contributed by atoms with Crippen LogP contribution in [0.1, 0.15) is 42.5 Å². The van der Waals surface area contributed by atoms with E-state index in [1.54, 1.807) is 0 Å². The minimum Gasteiger partial charge on any atom is -0.339 e. The Balaban J connectivity index is 1.72. The molecule has 0 saturated heterocycles. The first-order valence-electron chi connectivity index (χ1n) is 7.76. The molecule has 0 N–H and O–H groups in total. The third-order valence-electron chi connectivity index (χ3n) is 4.46. The van der Waals surface area contributed by atoms with Crippen LogP contribution in [0.15, 0.2) is 48.8 Å². The molecule has 0 aliphatic heterocycles. The fourth-order valence-electron chi connectivity index (χ4n) is 3.12. The third-order valence-corrected chi connectivity index (χ3v) is 4.46. The summed E-state index contributed by atoms with van der Waals surface area (Å²) in [6.07, 6.45) is 10.1. The second kappa shape index (κ2) is 6.17. The predicted octanol–water partition coefficient (Wildman–Crippen LogP) is 3.88. The largest absolute Gasteiger partial charge is 0.339 e. The first-order valence-corrected chi connectivity index (χ1v) is 7.76. The topological polar surface area (TPSA) is 25.2 Å². The lowest BCUT2D eigenvalue weighted by Gasteiger charge is -2.31. The molecule has 3 rings (SSSR count). The lowest BCUT2D eigenvalue weighted by atomic mass is 9.94.